The summed E-state index contributed by atoms with van der Waals surface area (Å²) in [6, 6.07) is 2.16. The highest BCUT2D eigenvalue weighted by molar-refractivity contribution is 7.90. The highest BCUT2D eigenvalue weighted by Crippen LogP contribution is 2.30. The first kappa shape index (κ1) is 15.9. The number of hydrogen-bond donors (Lipinski definition) is 2. The number of aliphatic imine (C=N–C) groups is 1. The van der Waals surface area contributed by atoms with Crippen molar-refractivity contribution in [2.75, 3.05) is 13.1 Å². The molecule has 8 heteroatoms. The molecule has 116 valence electrons. The van der Waals surface area contributed by atoms with Crippen molar-refractivity contribution in [2.45, 2.75) is 43.4 Å². The maximum atomic E-state index is 12.0. The minimum absolute atomic E-state index is 0.198. The lowest BCUT2D eigenvalue weighted by molar-refractivity contribution is 0.106. The van der Waals surface area contributed by atoms with Gasteiger partial charge in [-0.15, -0.1) is 0 Å². The summed E-state index contributed by atoms with van der Waals surface area (Å²) in [7, 11) is -3.27. The van der Waals surface area contributed by atoms with Crippen LogP contribution in [-0.4, -0.2) is 44.0 Å². The topological polar surface area (TPSA) is 97.6 Å². The summed E-state index contributed by atoms with van der Waals surface area (Å²) in [6.07, 6.45) is 4.07. The molecule has 1 aliphatic heterocycles. The van der Waals surface area contributed by atoms with Gasteiger partial charge in [0.2, 0.25) is 10.0 Å². The van der Waals surface area contributed by atoms with Gasteiger partial charge in [0, 0.05) is 12.7 Å². The molecule has 7 nitrogen and oxygen atoms in total. The highest BCUT2D eigenvalue weighted by atomic mass is 32.2. The van der Waals surface area contributed by atoms with Crippen LogP contribution in [0.3, 0.4) is 0 Å². The van der Waals surface area contributed by atoms with Gasteiger partial charge in [0.05, 0.1) is 35.5 Å². The van der Waals surface area contributed by atoms with E-state index in [4.69, 9.17) is 5.26 Å². The van der Waals surface area contributed by atoms with E-state index in [1.807, 2.05) is 6.92 Å². The summed E-state index contributed by atoms with van der Waals surface area (Å²) in [5.41, 5.74) is 3.29. The molecule has 2 N–H and O–H groups in total. The van der Waals surface area contributed by atoms with Crippen molar-refractivity contribution in [1.82, 2.24) is 15.2 Å². The lowest BCUT2D eigenvalue weighted by Crippen LogP contribution is -2.56. The van der Waals surface area contributed by atoms with Gasteiger partial charge >= 0.3 is 0 Å². The Hall–Kier alpha value is -1.43. The van der Waals surface area contributed by atoms with Crippen molar-refractivity contribution >= 4 is 16.7 Å². The number of hydrazine groups is 1. The van der Waals surface area contributed by atoms with E-state index in [-0.39, 0.29) is 18.2 Å². The average molecular weight is 311 g/mol. The van der Waals surface area contributed by atoms with Gasteiger partial charge < -0.3 is 5.01 Å². The Morgan fingerprint density at radius 2 is 2.38 bits per heavy atom. The molecular weight excluding hydrogens is 290 g/mol. The van der Waals surface area contributed by atoms with E-state index >= 15 is 0 Å². The van der Waals surface area contributed by atoms with Crippen molar-refractivity contribution in [2.24, 2.45) is 4.99 Å². The molecule has 0 spiro atoms. The van der Waals surface area contributed by atoms with Gasteiger partial charge in [0.25, 0.3) is 0 Å². The fraction of sp³-hybridized carbons (Fsp3) is 0.692. The van der Waals surface area contributed by atoms with E-state index in [1.165, 1.54) is 0 Å². The number of nitrogens with one attached hydrogen (secondary N) is 2. The average Bonchev–Trinajstić information content (AvgIpc) is 3.23. The second-order valence-corrected chi connectivity index (χ2v) is 7.51. The predicted molar refractivity (Wildman–Crippen MR) is 80.7 cm³/mol. The van der Waals surface area contributed by atoms with Crippen LogP contribution >= 0.6 is 0 Å². The first-order valence-electron chi connectivity index (χ1n) is 7.03. The normalized spacial score (nSPS) is 21.5. The van der Waals surface area contributed by atoms with E-state index in [0.29, 0.717) is 13.0 Å². The van der Waals surface area contributed by atoms with Crippen molar-refractivity contribution in [1.29, 1.82) is 5.26 Å². The zero-order valence-corrected chi connectivity index (χ0v) is 13.0. The third-order valence-corrected chi connectivity index (χ3v) is 5.95. The van der Waals surface area contributed by atoms with Crippen molar-refractivity contribution in [3.05, 3.63) is 11.9 Å². The molecule has 2 rings (SSSR count). The van der Waals surface area contributed by atoms with Crippen LogP contribution in [0, 0.1) is 11.3 Å². The van der Waals surface area contributed by atoms with Gasteiger partial charge in [-0.2, -0.15) is 5.26 Å². The first-order valence-corrected chi connectivity index (χ1v) is 8.58. The predicted octanol–water partition coefficient (Wildman–Crippen LogP) is 0.493. The maximum absolute atomic E-state index is 12.0. The number of nitriles is 1. The smallest absolute Gasteiger partial charge is 0.214 e. The Kier molecular flexibility index (Phi) is 4.66. The van der Waals surface area contributed by atoms with E-state index in [1.54, 1.807) is 11.2 Å². The SMILES string of the molecule is C=NC1=CN(C(CC)(CC#N)CNS(=O)(=O)C2CC2)NC1. The van der Waals surface area contributed by atoms with Crippen LogP contribution < -0.4 is 10.1 Å². The molecule has 0 saturated heterocycles. The quantitative estimate of drug-likeness (QED) is 0.636. The van der Waals surface area contributed by atoms with Gasteiger partial charge in [0.15, 0.2) is 0 Å². The molecule has 0 bridgehead atoms. The maximum Gasteiger partial charge on any atom is 0.214 e. The molecule has 0 radical (unpaired) electrons. The second-order valence-electron chi connectivity index (χ2n) is 5.46. The fourth-order valence-electron chi connectivity index (χ4n) is 2.34. The Labute approximate surface area is 125 Å². The largest absolute Gasteiger partial charge is 0.305 e. The summed E-state index contributed by atoms with van der Waals surface area (Å²) >= 11 is 0. The van der Waals surface area contributed by atoms with Crippen molar-refractivity contribution in [3.8, 4) is 6.07 Å². The molecule has 0 amide bonds. The van der Waals surface area contributed by atoms with Crippen LogP contribution in [0.4, 0.5) is 0 Å². The zero-order chi connectivity index (χ0) is 15.5. The lowest BCUT2D eigenvalue weighted by atomic mass is 9.92. The molecule has 1 unspecified atom stereocenters. The Balaban J connectivity index is 2.15. The standard InChI is InChI=1S/C13H21N5O2S/c1-3-13(6-7-14,18-9-11(15-2)8-16-18)10-17-21(19,20)12-4-5-12/h9,12,16-17H,2-6,8,10H2,1H3. The van der Waals surface area contributed by atoms with Crippen LogP contribution in [0.2, 0.25) is 0 Å². The molecule has 1 saturated carbocycles. The van der Waals surface area contributed by atoms with Gasteiger partial charge in [-0.25, -0.2) is 18.6 Å². The van der Waals surface area contributed by atoms with E-state index in [0.717, 1.165) is 18.5 Å². The van der Waals surface area contributed by atoms with Crippen LogP contribution in [0.1, 0.15) is 32.6 Å². The third-order valence-electron chi connectivity index (χ3n) is 4.05. The molecule has 0 aromatic carbocycles. The summed E-state index contributed by atoms with van der Waals surface area (Å²) in [5, 5.41) is 10.7. The van der Waals surface area contributed by atoms with Crippen LogP contribution in [0.25, 0.3) is 0 Å². The minimum atomic E-state index is -3.27. The molecule has 0 aromatic heterocycles. The molecule has 21 heavy (non-hydrogen) atoms. The van der Waals surface area contributed by atoms with Crippen LogP contribution in [-0.2, 0) is 10.0 Å². The monoisotopic (exact) mass is 311 g/mol. The zero-order valence-electron chi connectivity index (χ0n) is 12.2. The van der Waals surface area contributed by atoms with Crippen LogP contribution in [0.15, 0.2) is 16.9 Å². The molecular formula is C13H21N5O2S. The lowest BCUT2D eigenvalue weighted by Gasteiger charge is -2.39. The number of hydrogen-bond acceptors (Lipinski definition) is 6. The Morgan fingerprint density at radius 1 is 1.67 bits per heavy atom. The first-order chi connectivity index (χ1) is 9.97. The summed E-state index contributed by atoms with van der Waals surface area (Å²) in [4.78, 5) is 3.88. The Morgan fingerprint density at radius 3 is 2.86 bits per heavy atom. The molecule has 1 heterocycles. The molecule has 1 aliphatic carbocycles. The molecule has 1 atom stereocenters. The molecule has 0 aromatic rings. The van der Waals surface area contributed by atoms with E-state index in [9.17, 15) is 8.42 Å². The molecule has 1 fully saturated rings. The van der Waals surface area contributed by atoms with Crippen molar-refractivity contribution < 1.29 is 8.42 Å². The van der Waals surface area contributed by atoms with E-state index < -0.39 is 15.6 Å². The summed E-state index contributed by atoms with van der Waals surface area (Å²) in [5.74, 6) is 0. The minimum Gasteiger partial charge on any atom is -0.305 e. The second kappa shape index (κ2) is 6.13. The van der Waals surface area contributed by atoms with E-state index in [2.05, 4.69) is 27.9 Å². The molecule has 2 aliphatic rings. The van der Waals surface area contributed by atoms with Gasteiger partial charge in [-0.3, -0.25) is 4.99 Å². The number of nitrogens with zero attached hydrogens (tertiary/aromatic N) is 3. The van der Waals surface area contributed by atoms with Crippen LogP contribution in [0.5, 0.6) is 0 Å². The third kappa shape index (κ3) is 3.43. The summed E-state index contributed by atoms with van der Waals surface area (Å²) in [6.45, 7) is 6.16. The Bertz CT molecular complexity index is 576. The fourth-order valence-corrected chi connectivity index (χ4v) is 3.80. The highest BCUT2D eigenvalue weighted by Gasteiger charge is 2.40. The van der Waals surface area contributed by atoms with Crippen molar-refractivity contribution in [3.63, 3.8) is 0 Å². The van der Waals surface area contributed by atoms with Gasteiger partial charge in [0.1, 0.15) is 0 Å². The summed E-state index contributed by atoms with van der Waals surface area (Å²) < 4.78 is 26.7. The number of sulfonamides is 1. The van der Waals surface area contributed by atoms with Gasteiger partial charge in [-0.05, 0) is 26.0 Å². The number of rotatable bonds is 8. The van der Waals surface area contributed by atoms with Gasteiger partial charge in [-0.1, -0.05) is 6.92 Å².